The maximum Gasteiger partial charge on any atom is 0.192 e. The Bertz CT molecular complexity index is 3240. The van der Waals surface area contributed by atoms with Gasteiger partial charge in [0.15, 0.2) is 6.71 Å². The molecule has 4 aliphatic carbocycles. The van der Waals surface area contributed by atoms with Crippen molar-refractivity contribution in [3.05, 3.63) is 182 Å². The highest BCUT2D eigenvalue weighted by molar-refractivity contribution is 8.04. The maximum absolute atomic E-state index is 2.94. The van der Waals surface area contributed by atoms with E-state index < -0.39 is 0 Å². The molecule has 0 bridgehead atoms. The van der Waals surface area contributed by atoms with Crippen molar-refractivity contribution in [2.75, 3.05) is 26.9 Å². The van der Waals surface area contributed by atoms with Crippen molar-refractivity contribution in [1.82, 2.24) is 0 Å². The highest BCUT2D eigenvalue weighted by Crippen LogP contribution is 2.58. The summed E-state index contributed by atoms with van der Waals surface area (Å²) in [5, 5.41) is 0. The van der Waals surface area contributed by atoms with Crippen LogP contribution in [0.2, 0.25) is 6.32 Å². The fraction of sp³-hybridized carbons (Fsp3) is 0.479. The van der Waals surface area contributed by atoms with E-state index in [1.54, 1.807) is 21.6 Å². The van der Waals surface area contributed by atoms with Crippen LogP contribution in [0.3, 0.4) is 0 Å². The number of thioether (sulfide) groups is 1. The first-order valence-electron chi connectivity index (χ1n) is 30.1. The Balaban J connectivity index is 1.29. The zero-order valence-electron chi connectivity index (χ0n) is 50.9. The third-order valence-electron chi connectivity index (χ3n) is 20.2. The second-order valence-corrected chi connectivity index (χ2v) is 30.7. The van der Waals surface area contributed by atoms with Crippen LogP contribution in [0.25, 0.3) is 0 Å². The quantitative estimate of drug-likeness (QED) is 0.157. The summed E-state index contributed by atoms with van der Waals surface area (Å²) in [6, 6.07) is 42.9. The number of rotatable bonds is 6. The van der Waals surface area contributed by atoms with Gasteiger partial charge in [0.25, 0.3) is 0 Å². The first kappa shape index (κ1) is 54.8. The van der Waals surface area contributed by atoms with Gasteiger partial charge in [-0.3, -0.25) is 0 Å². The van der Waals surface area contributed by atoms with Crippen molar-refractivity contribution < 1.29 is 0 Å². The van der Waals surface area contributed by atoms with Gasteiger partial charge in [-0.05, 0) is 199 Å². The molecule has 2 heterocycles. The molecular formula is C73H92BN3S. The molecule has 5 aromatic carbocycles. The molecule has 0 N–H and O–H groups in total. The third kappa shape index (κ3) is 9.80. The summed E-state index contributed by atoms with van der Waals surface area (Å²) in [5.74, 6) is 0. The summed E-state index contributed by atoms with van der Waals surface area (Å²) in [5.41, 5.74) is 25.6. The average molecular weight is 1050 g/mol. The molecule has 78 heavy (non-hydrogen) atoms. The molecule has 0 aromatic heterocycles. The molecule has 6 aliphatic rings. The van der Waals surface area contributed by atoms with E-state index in [9.17, 15) is 0 Å². The van der Waals surface area contributed by atoms with Gasteiger partial charge >= 0.3 is 0 Å². The smallest absolute Gasteiger partial charge is 0.192 e. The minimum atomic E-state index is -0.0201. The monoisotopic (exact) mass is 1050 g/mol. The standard InChI is InChI=1S/C73H92BN3S/c1-49-42-52(67(2,3)4)31-33-60(49)75-47-59-66(73(15,16)40-38-71(59,11)12)78-48-74-41-34-51-24-23-29-57-63(72(13,14)39-37-69(57,7)8)65(51)76(46-50-30-32-56-58(43-50)70(9,10)36-35-68(56,5)6)62-45-55(44-61(75)64(62)74)77(53-25-19-17-20-26-53)54-27-21-18-22-28-54/h17-28,30-33,42-45H,29,34-41,46-48H2,1-16H3. The number of allylic oxidation sites excluding steroid dienone is 6. The van der Waals surface area contributed by atoms with E-state index in [0.29, 0.717) is 0 Å². The van der Waals surface area contributed by atoms with Crippen molar-refractivity contribution in [3.63, 3.8) is 0 Å². The largest absolute Gasteiger partial charge is 0.337 e. The van der Waals surface area contributed by atoms with Crippen LogP contribution in [0.15, 0.2) is 154 Å². The number of para-hydroxylation sites is 2. The van der Waals surface area contributed by atoms with Crippen LogP contribution in [0.4, 0.5) is 34.1 Å². The molecule has 5 heteroatoms. The van der Waals surface area contributed by atoms with E-state index in [2.05, 4.69) is 259 Å². The van der Waals surface area contributed by atoms with Gasteiger partial charge in [-0.25, -0.2) is 0 Å². The zero-order valence-corrected chi connectivity index (χ0v) is 51.7. The number of anilines is 6. The van der Waals surface area contributed by atoms with E-state index in [4.69, 9.17) is 0 Å². The van der Waals surface area contributed by atoms with Gasteiger partial charge in [0.2, 0.25) is 0 Å². The van der Waals surface area contributed by atoms with Crippen LogP contribution in [-0.2, 0) is 22.8 Å². The van der Waals surface area contributed by atoms with Crippen molar-refractivity contribution in [1.29, 1.82) is 0 Å². The van der Waals surface area contributed by atoms with Crippen molar-refractivity contribution >= 4 is 58.1 Å². The molecule has 408 valence electrons. The minimum absolute atomic E-state index is 0.0201. The third-order valence-corrected chi connectivity index (χ3v) is 21.9. The lowest BCUT2D eigenvalue weighted by Gasteiger charge is -2.48. The lowest BCUT2D eigenvalue weighted by atomic mass is 9.42. The number of hydrogen-bond donors (Lipinski definition) is 0. The predicted octanol–water partition coefficient (Wildman–Crippen LogP) is 20.1. The summed E-state index contributed by atoms with van der Waals surface area (Å²) in [6.07, 6.45) is 15.4. The zero-order chi connectivity index (χ0) is 55.5. The molecule has 3 nitrogen and oxygen atoms in total. The molecule has 0 saturated heterocycles. The summed E-state index contributed by atoms with van der Waals surface area (Å²) >= 11 is 2.22. The van der Waals surface area contributed by atoms with Crippen molar-refractivity contribution in [3.8, 4) is 0 Å². The molecule has 0 saturated carbocycles. The first-order chi connectivity index (χ1) is 36.7. The first-order valence-corrected chi connectivity index (χ1v) is 31.0. The Labute approximate surface area is 477 Å². The molecule has 0 unspecified atom stereocenters. The highest BCUT2D eigenvalue weighted by Gasteiger charge is 2.47. The van der Waals surface area contributed by atoms with E-state index in [1.165, 1.54) is 106 Å². The Morgan fingerprint density at radius 3 is 1.81 bits per heavy atom. The molecule has 0 amide bonds. The number of fused-ring (bicyclic) bond motifs is 2. The SMILES string of the molecule is Cc1cc(C(C)(C)C)ccc1N1CC2=C(SCB3CCC4=C(C5=C(CC=C4)C(C)(C)CCC5(C)C)N(Cc4ccc5c(c4)C(C)(C)CCC5(C)C)c4cc(N(c5ccccc5)c5ccccc5)cc1c43)C(C)(C)CCC2(C)C. The van der Waals surface area contributed by atoms with Gasteiger partial charge in [0.05, 0.1) is 5.69 Å². The average Bonchev–Trinajstić information content (AvgIpc) is 3.54. The Hall–Kier alpha value is -5.13. The van der Waals surface area contributed by atoms with E-state index in [-0.39, 0.29) is 44.6 Å². The topological polar surface area (TPSA) is 9.72 Å². The van der Waals surface area contributed by atoms with Gasteiger partial charge in [-0.1, -0.05) is 195 Å². The van der Waals surface area contributed by atoms with Crippen LogP contribution in [0.5, 0.6) is 0 Å². The highest BCUT2D eigenvalue weighted by atomic mass is 32.2. The number of hydrogen-bond acceptors (Lipinski definition) is 4. The molecule has 11 rings (SSSR count). The lowest BCUT2D eigenvalue weighted by molar-refractivity contribution is 0.260. The number of nitrogens with zero attached hydrogens (tertiary/aromatic N) is 3. The Morgan fingerprint density at radius 1 is 0.577 bits per heavy atom. The summed E-state index contributed by atoms with van der Waals surface area (Å²) in [6.45, 7) is 41.8. The molecule has 5 aromatic rings. The second kappa shape index (κ2) is 19.6. The fourth-order valence-corrected chi connectivity index (χ4v) is 16.6. The number of aryl methyl sites for hydroxylation is 1. The van der Waals surface area contributed by atoms with Crippen LogP contribution >= 0.6 is 11.8 Å². The predicted molar refractivity (Wildman–Crippen MR) is 342 cm³/mol. The van der Waals surface area contributed by atoms with Gasteiger partial charge in [-0.15, -0.1) is 11.8 Å². The lowest BCUT2D eigenvalue weighted by Crippen LogP contribution is -2.45. The second-order valence-electron chi connectivity index (χ2n) is 29.7. The normalized spacial score (nSPS) is 21.9. The van der Waals surface area contributed by atoms with Crippen LogP contribution in [-0.4, -0.2) is 18.9 Å². The van der Waals surface area contributed by atoms with E-state index in [1.807, 2.05) is 0 Å². The Kier molecular flexibility index (Phi) is 13.7. The maximum atomic E-state index is 2.94. The van der Waals surface area contributed by atoms with Crippen LogP contribution < -0.4 is 20.2 Å². The summed E-state index contributed by atoms with van der Waals surface area (Å²) < 4.78 is 0. The fourth-order valence-electron chi connectivity index (χ4n) is 14.8. The summed E-state index contributed by atoms with van der Waals surface area (Å²) in [4.78, 5) is 9.97. The molecule has 0 fully saturated rings. The van der Waals surface area contributed by atoms with Gasteiger partial charge in [0.1, 0.15) is 0 Å². The van der Waals surface area contributed by atoms with Crippen LogP contribution in [0, 0.1) is 28.6 Å². The summed E-state index contributed by atoms with van der Waals surface area (Å²) in [7, 11) is 0. The molecule has 0 atom stereocenters. The van der Waals surface area contributed by atoms with E-state index in [0.717, 1.165) is 49.3 Å². The molecule has 2 aliphatic heterocycles. The van der Waals surface area contributed by atoms with Crippen LogP contribution in [0.1, 0.15) is 183 Å². The van der Waals surface area contributed by atoms with Gasteiger partial charge in [0, 0.05) is 47.2 Å². The number of benzene rings is 5. The minimum Gasteiger partial charge on any atom is -0.337 e. The van der Waals surface area contributed by atoms with E-state index >= 15 is 0 Å². The van der Waals surface area contributed by atoms with Gasteiger partial charge < -0.3 is 14.7 Å². The van der Waals surface area contributed by atoms with Crippen molar-refractivity contribution in [2.24, 2.45) is 21.7 Å². The van der Waals surface area contributed by atoms with Gasteiger partial charge in [-0.2, -0.15) is 0 Å². The van der Waals surface area contributed by atoms with Crippen molar-refractivity contribution in [2.45, 2.75) is 191 Å². The molecule has 0 spiro atoms. The molecular weight excluding hydrogens is 962 g/mol. The Morgan fingerprint density at radius 2 is 1.17 bits per heavy atom. The molecule has 0 radical (unpaired) electrons.